The zero-order valence-electron chi connectivity index (χ0n) is 19.6. The number of likely N-dealkylation sites (tertiary alicyclic amines) is 1. The molecule has 1 saturated heterocycles. The van der Waals surface area contributed by atoms with Crippen molar-refractivity contribution in [2.24, 2.45) is 0 Å². The van der Waals surface area contributed by atoms with E-state index in [9.17, 15) is 23.1 Å². The second-order valence-electron chi connectivity index (χ2n) is 8.14. The Balaban J connectivity index is 0.00000167. The molecule has 5 nitrogen and oxygen atoms in total. The highest BCUT2D eigenvalue weighted by Gasteiger charge is 2.44. The van der Waals surface area contributed by atoms with Gasteiger partial charge in [-0.15, -0.1) is 0 Å². The van der Waals surface area contributed by atoms with Crippen molar-refractivity contribution in [3.05, 3.63) is 88.2 Å². The smallest absolute Gasteiger partial charge is 0.256 e. The summed E-state index contributed by atoms with van der Waals surface area (Å²) in [6, 6.07) is 13.2. The molecule has 35 heavy (non-hydrogen) atoms. The molecule has 1 fully saturated rings. The Morgan fingerprint density at radius 1 is 1.06 bits per heavy atom. The van der Waals surface area contributed by atoms with Crippen molar-refractivity contribution in [3.8, 4) is 0 Å². The van der Waals surface area contributed by atoms with Crippen LogP contribution in [0.4, 0.5) is 30.2 Å². The minimum atomic E-state index is -1.29. The molecule has 186 valence electrons. The van der Waals surface area contributed by atoms with Crippen molar-refractivity contribution >= 4 is 34.6 Å². The third kappa shape index (κ3) is 6.07. The number of nitrogens with zero attached hydrogens (tertiary/aromatic N) is 1. The summed E-state index contributed by atoms with van der Waals surface area (Å²) < 4.78 is 42.8. The third-order valence-electron chi connectivity index (χ3n) is 5.41. The molecule has 4 rings (SSSR count). The van der Waals surface area contributed by atoms with Crippen LogP contribution in [-0.2, 0) is 0 Å². The van der Waals surface area contributed by atoms with Crippen LogP contribution in [0.25, 0.3) is 0 Å². The van der Waals surface area contributed by atoms with Crippen LogP contribution in [0.3, 0.4) is 0 Å². The number of amides is 1. The van der Waals surface area contributed by atoms with Crippen LogP contribution in [-0.4, -0.2) is 41.1 Å². The van der Waals surface area contributed by atoms with Crippen LogP contribution in [0.5, 0.6) is 0 Å². The number of rotatable bonds is 6. The monoisotopic (exact) mass is 505 g/mol. The van der Waals surface area contributed by atoms with Gasteiger partial charge in [-0.3, -0.25) is 4.79 Å². The van der Waals surface area contributed by atoms with Crippen LogP contribution >= 0.6 is 11.6 Å². The Bertz CT molecular complexity index is 1220. The normalized spacial score (nSPS) is 13.9. The van der Waals surface area contributed by atoms with E-state index in [0.717, 1.165) is 12.1 Å². The highest BCUT2D eigenvalue weighted by atomic mass is 35.5. The number of hydrogen-bond donors (Lipinski definition) is 3. The molecular formula is C26H27ClF3N3O2. The highest BCUT2D eigenvalue weighted by Crippen LogP contribution is 2.32. The van der Waals surface area contributed by atoms with E-state index in [1.54, 1.807) is 37.3 Å². The van der Waals surface area contributed by atoms with Crippen molar-refractivity contribution in [2.75, 3.05) is 30.3 Å². The molecule has 0 atom stereocenters. The van der Waals surface area contributed by atoms with Gasteiger partial charge in [-0.2, -0.15) is 0 Å². The van der Waals surface area contributed by atoms with Gasteiger partial charge in [-0.25, -0.2) is 13.2 Å². The SMILES string of the molecule is CC.Cc1ccc(Nc2c(C(=O)N3CC(O)(CNc4cccc(Cl)c4)C3)ccc(F)c2F)c(F)c1. The molecule has 3 aromatic rings. The average molecular weight is 506 g/mol. The van der Waals surface area contributed by atoms with Crippen molar-refractivity contribution in [2.45, 2.75) is 26.4 Å². The lowest BCUT2D eigenvalue weighted by atomic mass is 9.92. The van der Waals surface area contributed by atoms with E-state index >= 15 is 0 Å². The largest absolute Gasteiger partial charge is 0.384 e. The maximum absolute atomic E-state index is 14.6. The van der Waals surface area contributed by atoms with Crippen LogP contribution in [0, 0.1) is 24.4 Å². The molecule has 0 radical (unpaired) electrons. The molecule has 0 spiro atoms. The fourth-order valence-electron chi connectivity index (χ4n) is 3.66. The van der Waals surface area contributed by atoms with Gasteiger partial charge in [0, 0.05) is 17.3 Å². The zero-order chi connectivity index (χ0) is 25.8. The first-order valence-corrected chi connectivity index (χ1v) is 11.6. The lowest BCUT2D eigenvalue weighted by Crippen LogP contribution is -2.66. The van der Waals surface area contributed by atoms with Gasteiger partial charge in [0.2, 0.25) is 0 Å². The predicted molar refractivity (Wildman–Crippen MR) is 133 cm³/mol. The number of halogens is 4. The quantitative estimate of drug-likeness (QED) is 0.377. The molecule has 0 saturated carbocycles. The molecule has 0 unspecified atom stereocenters. The minimum Gasteiger partial charge on any atom is -0.384 e. The number of nitrogens with one attached hydrogen (secondary N) is 2. The van der Waals surface area contributed by atoms with Gasteiger partial charge in [0.25, 0.3) is 5.91 Å². The van der Waals surface area contributed by atoms with E-state index in [1.165, 1.54) is 17.0 Å². The summed E-state index contributed by atoms with van der Waals surface area (Å²) in [4.78, 5) is 14.3. The van der Waals surface area contributed by atoms with E-state index in [1.807, 2.05) is 13.8 Å². The van der Waals surface area contributed by atoms with E-state index in [2.05, 4.69) is 10.6 Å². The summed E-state index contributed by atoms with van der Waals surface area (Å²) in [5, 5.41) is 16.8. The van der Waals surface area contributed by atoms with Crippen LogP contribution in [0.2, 0.25) is 5.02 Å². The highest BCUT2D eigenvalue weighted by molar-refractivity contribution is 6.30. The van der Waals surface area contributed by atoms with Crippen molar-refractivity contribution in [1.29, 1.82) is 0 Å². The molecule has 1 heterocycles. The fraction of sp³-hybridized carbons (Fsp3) is 0.269. The summed E-state index contributed by atoms with van der Waals surface area (Å²) in [6.45, 7) is 5.82. The Labute approximate surface area is 207 Å². The third-order valence-corrected chi connectivity index (χ3v) is 5.65. The Kier molecular flexibility index (Phi) is 8.30. The first-order valence-electron chi connectivity index (χ1n) is 11.2. The molecule has 0 bridgehead atoms. The number of anilines is 3. The second-order valence-corrected chi connectivity index (χ2v) is 8.58. The lowest BCUT2D eigenvalue weighted by Gasteiger charge is -2.46. The summed E-state index contributed by atoms with van der Waals surface area (Å²) in [6.07, 6.45) is 0. The molecule has 1 aliphatic heterocycles. The van der Waals surface area contributed by atoms with Crippen LogP contribution < -0.4 is 10.6 Å². The molecule has 3 aromatic carbocycles. The number of β-amino-alcohol motifs (C(OH)–C–C–N with tert-alkyl or cyclic N) is 1. The van der Waals surface area contributed by atoms with E-state index in [0.29, 0.717) is 16.3 Å². The molecule has 3 N–H and O–H groups in total. The zero-order valence-corrected chi connectivity index (χ0v) is 20.4. The number of aliphatic hydroxyl groups is 1. The summed E-state index contributed by atoms with van der Waals surface area (Å²) in [5.74, 6) is -3.74. The molecule has 1 amide bonds. The summed E-state index contributed by atoms with van der Waals surface area (Å²) in [7, 11) is 0. The summed E-state index contributed by atoms with van der Waals surface area (Å²) in [5.41, 5.74) is -0.556. The summed E-state index contributed by atoms with van der Waals surface area (Å²) >= 11 is 5.95. The Hall–Kier alpha value is -3.23. The van der Waals surface area contributed by atoms with Crippen molar-refractivity contribution in [3.63, 3.8) is 0 Å². The maximum Gasteiger partial charge on any atom is 0.256 e. The number of hydrogen-bond acceptors (Lipinski definition) is 4. The van der Waals surface area contributed by atoms with Gasteiger partial charge in [0.1, 0.15) is 11.4 Å². The lowest BCUT2D eigenvalue weighted by molar-refractivity contribution is -0.0706. The number of benzene rings is 3. The van der Waals surface area contributed by atoms with E-state index in [-0.39, 0.29) is 30.9 Å². The first kappa shape index (κ1) is 26.4. The maximum atomic E-state index is 14.6. The van der Waals surface area contributed by atoms with Gasteiger partial charge in [-0.1, -0.05) is 37.6 Å². The fourth-order valence-corrected chi connectivity index (χ4v) is 3.85. The predicted octanol–water partition coefficient (Wildman–Crippen LogP) is 6.13. The van der Waals surface area contributed by atoms with E-state index < -0.39 is 34.6 Å². The van der Waals surface area contributed by atoms with Crippen molar-refractivity contribution in [1.82, 2.24) is 4.90 Å². The van der Waals surface area contributed by atoms with E-state index in [4.69, 9.17) is 11.6 Å². The standard InChI is InChI=1S/C24H21ClF3N3O2.C2H6/c1-14-5-8-20(19(27)9-14)30-22-17(6-7-18(26)21(22)28)23(32)31-12-24(33,13-31)11-29-16-4-2-3-15(25)10-16;1-2/h2-10,29-30,33H,11-13H2,1H3;1-2H3. The Morgan fingerprint density at radius 2 is 1.77 bits per heavy atom. The van der Waals surface area contributed by atoms with Crippen LogP contribution in [0.15, 0.2) is 54.6 Å². The van der Waals surface area contributed by atoms with Crippen molar-refractivity contribution < 1.29 is 23.1 Å². The molecular weight excluding hydrogens is 479 g/mol. The molecule has 1 aliphatic rings. The number of aryl methyl sites for hydroxylation is 1. The van der Waals surface area contributed by atoms with Gasteiger partial charge in [-0.05, 0) is 55.0 Å². The minimum absolute atomic E-state index is 0.0171. The van der Waals surface area contributed by atoms with Gasteiger partial charge in [0.15, 0.2) is 11.6 Å². The first-order chi connectivity index (χ1) is 16.6. The number of carbonyl (C=O) groups is 1. The van der Waals surface area contributed by atoms with Gasteiger partial charge in [0.05, 0.1) is 30.0 Å². The van der Waals surface area contributed by atoms with Crippen LogP contribution in [0.1, 0.15) is 29.8 Å². The molecule has 9 heteroatoms. The van der Waals surface area contributed by atoms with Gasteiger partial charge < -0.3 is 20.6 Å². The Morgan fingerprint density at radius 3 is 2.43 bits per heavy atom. The number of carbonyl (C=O) groups excluding carboxylic acids is 1. The second kappa shape index (κ2) is 11.0. The average Bonchev–Trinajstić information content (AvgIpc) is 2.81. The topological polar surface area (TPSA) is 64.6 Å². The molecule has 0 aromatic heterocycles. The molecule has 0 aliphatic carbocycles. The van der Waals surface area contributed by atoms with Gasteiger partial charge >= 0.3 is 0 Å².